The second-order valence-electron chi connectivity index (χ2n) is 8.59. The fourth-order valence-corrected chi connectivity index (χ4v) is 4.44. The average Bonchev–Trinajstić information content (AvgIpc) is 2.95. The highest BCUT2D eigenvalue weighted by Crippen LogP contribution is 2.23. The van der Waals surface area contributed by atoms with Gasteiger partial charge in [0.05, 0.1) is 5.69 Å². The highest BCUT2D eigenvalue weighted by molar-refractivity contribution is 5.75. The summed E-state index contributed by atoms with van der Waals surface area (Å²) in [7, 11) is 0. The Balaban J connectivity index is 1.53. The second-order valence-corrected chi connectivity index (χ2v) is 8.59. The van der Waals surface area contributed by atoms with Gasteiger partial charge in [0, 0.05) is 44.8 Å². The number of aromatic nitrogens is 2. The zero-order valence-electron chi connectivity index (χ0n) is 17.7. The number of amides is 1. The highest BCUT2D eigenvalue weighted by Gasteiger charge is 2.22. The lowest BCUT2D eigenvalue weighted by Crippen LogP contribution is -2.38. The van der Waals surface area contributed by atoms with Crippen LogP contribution >= 0.6 is 0 Å². The predicted molar refractivity (Wildman–Crippen MR) is 113 cm³/mol. The van der Waals surface area contributed by atoms with Crippen molar-refractivity contribution in [2.45, 2.75) is 60.2 Å². The Morgan fingerprint density at radius 2 is 1.82 bits per heavy atom. The summed E-state index contributed by atoms with van der Waals surface area (Å²) in [5.41, 5.74) is 4.63. The molecule has 0 aliphatic carbocycles. The van der Waals surface area contributed by atoms with Gasteiger partial charge in [-0.15, -0.1) is 0 Å². The Kier molecular flexibility index (Phi) is 6.89. The molecular formula is C23H34N4O. The van der Waals surface area contributed by atoms with Crippen LogP contribution in [0, 0.1) is 25.7 Å². The van der Waals surface area contributed by atoms with Crippen molar-refractivity contribution >= 4 is 5.91 Å². The van der Waals surface area contributed by atoms with E-state index in [0.717, 1.165) is 42.9 Å². The van der Waals surface area contributed by atoms with Crippen LogP contribution in [0.3, 0.4) is 0 Å². The Labute approximate surface area is 169 Å². The lowest BCUT2D eigenvalue weighted by Gasteiger charge is -2.35. The molecule has 0 radical (unpaired) electrons. The Hall–Kier alpha value is -2.14. The maximum atomic E-state index is 12.3. The molecule has 0 bridgehead atoms. The zero-order valence-corrected chi connectivity index (χ0v) is 17.7. The van der Waals surface area contributed by atoms with Crippen LogP contribution in [0.4, 0.5) is 0 Å². The number of nitrogens with one attached hydrogen (secondary N) is 1. The standard InChI is InChI=1S/C23H34N4O/c1-17-11-18(2)15-26(14-17)16-22-8-6-5-7-21(22)13-24-23(28)9-10-27-20(4)12-19(3)25-27/h5-8,12,17-18H,9-11,13-16H2,1-4H3,(H,24,28). The Morgan fingerprint density at radius 1 is 1.14 bits per heavy atom. The first-order valence-electron chi connectivity index (χ1n) is 10.5. The number of hydrogen-bond acceptors (Lipinski definition) is 3. The molecule has 0 spiro atoms. The summed E-state index contributed by atoms with van der Waals surface area (Å²) in [6.45, 7) is 13.2. The van der Waals surface area contributed by atoms with Gasteiger partial charge in [-0.05, 0) is 49.3 Å². The largest absolute Gasteiger partial charge is 0.352 e. The molecule has 1 N–H and O–H groups in total. The van der Waals surface area contributed by atoms with Crippen molar-refractivity contribution < 1.29 is 4.79 Å². The van der Waals surface area contributed by atoms with Crippen molar-refractivity contribution in [2.75, 3.05) is 13.1 Å². The fraction of sp³-hybridized carbons (Fsp3) is 0.565. The number of carbonyl (C=O) groups is 1. The van der Waals surface area contributed by atoms with E-state index in [1.165, 1.54) is 17.5 Å². The van der Waals surface area contributed by atoms with E-state index in [2.05, 4.69) is 53.4 Å². The van der Waals surface area contributed by atoms with Crippen LogP contribution in [0.25, 0.3) is 0 Å². The molecule has 2 atom stereocenters. The summed E-state index contributed by atoms with van der Waals surface area (Å²) in [5.74, 6) is 1.58. The van der Waals surface area contributed by atoms with E-state index in [1.807, 2.05) is 24.6 Å². The topological polar surface area (TPSA) is 50.2 Å². The second kappa shape index (κ2) is 9.37. The first-order chi connectivity index (χ1) is 13.4. The minimum Gasteiger partial charge on any atom is -0.352 e. The van der Waals surface area contributed by atoms with Crippen molar-refractivity contribution in [3.8, 4) is 0 Å². The van der Waals surface area contributed by atoms with Gasteiger partial charge in [-0.25, -0.2) is 0 Å². The number of piperidine rings is 1. The number of aryl methyl sites for hydroxylation is 3. The van der Waals surface area contributed by atoms with E-state index in [-0.39, 0.29) is 5.91 Å². The maximum absolute atomic E-state index is 12.3. The molecule has 5 heteroatoms. The monoisotopic (exact) mass is 382 g/mol. The number of rotatable bonds is 7. The van der Waals surface area contributed by atoms with Gasteiger partial charge in [0.15, 0.2) is 0 Å². The van der Waals surface area contributed by atoms with Gasteiger partial charge >= 0.3 is 0 Å². The predicted octanol–water partition coefficient (Wildman–Crippen LogP) is 3.68. The van der Waals surface area contributed by atoms with E-state index >= 15 is 0 Å². The van der Waals surface area contributed by atoms with E-state index in [4.69, 9.17) is 0 Å². The lowest BCUT2D eigenvalue weighted by molar-refractivity contribution is -0.121. The molecule has 1 aliphatic rings. The Morgan fingerprint density at radius 3 is 2.46 bits per heavy atom. The van der Waals surface area contributed by atoms with Gasteiger partial charge in [-0.1, -0.05) is 38.1 Å². The van der Waals surface area contributed by atoms with Crippen molar-refractivity contribution in [3.63, 3.8) is 0 Å². The minimum absolute atomic E-state index is 0.0718. The normalized spacial score (nSPS) is 20.3. The summed E-state index contributed by atoms with van der Waals surface area (Å²) < 4.78 is 1.90. The SMILES string of the molecule is Cc1cc(C)n(CCC(=O)NCc2ccccc2CN2CC(C)CC(C)C2)n1. The van der Waals surface area contributed by atoms with Gasteiger partial charge in [0.25, 0.3) is 0 Å². The Bertz CT molecular complexity index is 788. The molecule has 5 nitrogen and oxygen atoms in total. The molecular weight excluding hydrogens is 348 g/mol. The minimum atomic E-state index is 0.0718. The quantitative estimate of drug-likeness (QED) is 0.795. The molecule has 0 saturated carbocycles. The van der Waals surface area contributed by atoms with Crippen LogP contribution in [0.2, 0.25) is 0 Å². The number of benzene rings is 1. The fourth-order valence-electron chi connectivity index (χ4n) is 4.44. The van der Waals surface area contributed by atoms with Gasteiger partial charge in [-0.3, -0.25) is 14.4 Å². The van der Waals surface area contributed by atoms with E-state index in [9.17, 15) is 4.79 Å². The molecule has 2 heterocycles. The average molecular weight is 383 g/mol. The van der Waals surface area contributed by atoms with Gasteiger partial charge in [0.1, 0.15) is 0 Å². The summed E-state index contributed by atoms with van der Waals surface area (Å²) in [6, 6.07) is 10.5. The van der Waals surface area contributed by atoms with Crippen LogP contribution in [-0.4, -0.2) is 33.7 Å². The smallest absolute Gasteiger partial charge is 0.222 e. The van der Waals surface area contributed by atoms with Gasteiger partial charge < -0.3 is 5.32 Å². The third kappa shape index (κ3) is 5.68. The van der Waals surface area contributed by atoms with Crippen LogP contribution < -0.4 is 5.32 Å². The van der Waals surface area contributed by atoms with E-state index in [1.54, 1.807) is 0 Å². The number of hydrogen-bond donors (Lipinski definition) is 1. The van der Waals surface area contributed by atoms with Crippen LogP contribution in [0.1, 0.15) is 49.2 Å². The molecule has 1 aliphatic heterocycles. The van der Waals surface area contributed by atoms with E-state index in [0.29, 0.717) is 19.5 Å². The number of carbonyl (C=O) groups excluding carboxylic acids is 1. The molecule has 1 fully saturated rings. The third-order valence-corrected chi connectivity index (χ3v) is 5.59. The summed E-state index contributed by atoms with van der Waals surface area (Å²) in [4.78, 5) is 14.9. The summed E-state index contributed by atoms with van der Waals surface area (Å²) in [5, 5.41) is 7.52. The number of likely N-dealkylation sites (tertiary alicyclic amines) is 1. The molecule has 152 valence electrons. The molecule has 1 amide bonds. The molecule has 28 heavy (non-hydrogen) atoms. The first kappa shape index (κ1) is 20.6. The molecule has 2 unspecified atom stereocenters. The van der Waals surface area contributed by atoms with Crippen molar-refractivity contribution in [3.05, 3.63) is 52.8 Å². The highest BCUT2D eigenvalue weighted by atomic mass is 16.1. The maximum Gasteiger partial charge on any atom is 0.222 e. The zero-order chi connectivity index (χ0) is 20.1. The van der Waals surface area contributed by atoms with Gasteiger partial charge in [-0.2, -0.15) is 5.10 Å². The first-order valence-corrected chi connectivity index (χ1v) is 10.5. The number of nitrogens with zero attached hydrogens (tertiary/aromatic N) is 3. The van der Waals surface area contributed by atoms with E-state index < -0.39 is 0 Å². The summed E-state index contributed by atoms with van der Waals surface area (Å²) in [6.07, 6.45) is 1.77. The van der Waals surface area contributed by atoms with Crippen LogP contribution in [0.5, 0.6) is 0 Å². The van der Waals surface area contributed by atoms with Gasteiger partial charge in [0.2, 0.25) is 5.91 Å². The molecule has 2 aromatic rings. The summed E-state index contributed by atoms with van der Waals surface area (Å²) >= 11 is 0. The molecule has 1 aromatic heterocycles. The molecule has 1 saturated heterocycles. The molecule has 1 aromatic carbocycles. The third-order valence-electron chi connectivity index (χ3n) is 5.59. The lowest BCUT2D eigenvalue weighted by atomic mass is 9.91. The van der Waals surface area contributed by atoms with Crippen LogP contribution in [-0.2, 0) is 24.4 Å². The van der Waals surface area contributed by atoms with Crippen LogP contribution in [0.15, 0.2) is 30.3 Å². The molecule has 3 rings (SSSR count). The van der Waals surface area contributed by atoms with Crippen molar-refractivity contribution in [1.29, 1.82) is 0 Å². The van der Waals surface area contributed by atoms with Crippen molar-refractivity contribution in [1.82, 2.24) is 20.0 Å². The van der Waals surface area contributed by atoms with Crippen molar-refractivity contribution in [2.24, 2.45) is 11.8 Å².